The van der Waals surface area contributed by atoms with E-state index in [1.807, 2.05) is 0 Å². The van der Waals surface area contributed by atoms with Crippen LogP contribution in [-0.4, -0.2) is 18.4 Å². The fourth-order valence-corrected chi connectivity index (χ4v) is 1.89. The Labute approximate surface area is 79.0 Å². The molecular weight excluding hydrogens is 223 g/mol. The summed E-state index contributed by atoms with van der Waals surface area (Å²) in [6.45, 7) is 1.47. The average Bonchev–Trinajstić information content (AvgIpc) is 1.83. The molecule has 0 unspecified atom stereocenters. The molecule has 12 heavy (non-hydrogen) atoms. The second kappa shape index (κ2) is 3.16. The quantitative estimate of drug-likeness (QED) is 0.679. The van der Waals surface area contributed by atoms with Crippen LogP contribution in [0.5, 0.6) is 0 Å². The number of halogens is 2. The van der Waals surface area contributed by atoms with Crippen molar-refractivity contribution in [3.63, 3.8) is 0 Å². The van der Waals surface area contributed by atoms with Crippen LogP contribution in [0.25, 0.3) is 0 Å². The fraction of sp³-hybridized carbons (Fsp3) is 0.200. The van der Waals surface area contributed by atoms with Crippen LogP contribution in [-0.2, 0) is 9.05 Å². The summed E-state index contributed by atoms with van der Waals surface area (Å²) in [5.41, 5.74) is 0.192. The summed E-state index contributed by atoms with van der Waals surface area (Å²) < 4.78 is 21.6. The van der Waals surface area contributed by atoms with Crippen LogP contribution >= 0.6 is 22.3 Å². The summed E-state index contributed by atoms with van der Waals surface area (Å²) in [7, 11) is 1.23. The zero-order valence-electron chi connectivity index (χ0n) is 5.95. The predicted molar refractivity (Wildman–Crippen MR) is 44.8 cm³/mol. The highest BCUT2D eigenvalue weighted by Gasteiger charge is 2.15. The predicted octanol–water partition coefficient (Wildman–Crippen LogP) is 1.37. The summed E-state index contributed by atoms with van der Waals surface area (Å²) >= 11 is 5.46. The molecule has 1 rings (SSSR count). The molecule has 1 aromatic rings. The number of rotatable bonds is 1. The second-order valence-corrected chi connectivity index (χ2v) is 4.89. The topological polar surface area (TPSA) is 59.9 Å². The number of hydrogen-bond donors (Lipinski definition) is 0. The summed E-state index contributed by atoms with van der Waals surface area (Å²) in [4.78, 5) is 7.21. The summed E-state index contributed by atoms with van der Waals surface area (Å²) in [6.07, 6.45) is 1.13. The maximum Gasteiger partial charge on any atom is 0.280 e. The third-order valence-corrected chi connectivity index (χ3v) is 2.59. The Kier molecular flexibility index (Phi) is 2.55. The zero-order valence-corrected chi connectivity index (χ0v) is 8.28. The molecule has 0 N–H and O–H groups in total. The molecule has 0 amide bonds. The molecule has 0 spiro atoms. The van der Waals surface area contributed by atoms with E-state index in [0.717, 1.165) is 6.20 Å². The van der Waals surface area contributed by atoms with Gasteiger partial charge >= 0.3 is 0 Å². The van der Waals surface area contributed by atoms with Gasteiger partial charge in [-0.1, -0.05) is 11.6 Å². The Morgan fingerprint density at radius 1 is 1.50 bits per heavy atom. The highest BCUT2D eigenvalue weighted by Crippen LogP contribution is 2.16. The van der Waals surface area contributed by atoms with E-state index < -0.39 is 9.05 Å². The van der Waals surface area contributed by atoms with Crippen LogP contribution in [0, 0.1) is 6.92 Å². The van der Waals surface area contributed by atoms with E-state index in [4.69, 9.17) is 22.3 Å². The third-order valence-electron chi connectivity index (χ3n) is 1.10. The Balaban J connectivity index is 3.39. The van der Waals surface area contributed by atoms with Crippen LogP contribution in [0.4, 0.5) is 0 Å². The van der Waals surface area contributed by atoms with E-state index in [9.17, 15) is 8.42 Å². The average molecular weight is 227 g/mol. The summed E-state index contributed by atoms with van der Waals surface area (Å²) in [5, 5.41) is -0.120. The highest BCUT2D eigenvalue weighted by molar-refractivity contribution is 8.13. The van der Waals surface area contributed by atoms with Gasteiger partial charge in [-0.2, -0.15) is 0 Å². The second-order valence-electron chi connectivity index (χ2n) is 2.02. The minimum atomic E-state index is -3.81. The Morgan fingerprint density at radius 2 is 2.08 bits per heavy atom. The van der Waals surface area contributed by atoms with Crippen LogP contribution in [0.15, 0.2) is 11.2 Å². The largest absolute Gasteiger partial charge is 0.280 e. The molecule has 0 aliphatic heterocycles. The molecule has 0 aliphatic carbocycles. The van der Waals surface area contributed by atoms with Gasteiger partial charge in [-0.25, -0.2) is 18.4 Å². The van der Waals surface area contributed by atoms with Crippen molar-refractivity contribution in [2.24, 2.45) is 0 Å². The highest BCUT2D eigenvalue weighted by atomic mass is 35.7. The van der Waals surface area contributed by atoms with Crippen LogP contribution in [0.2, 0.25) is 5.15 Å². The molecule has 0 radical (unpaired) electrons. The van der Waals surface area contributed by atoms with Crippen molar-refractivity contribution in [2.75, 3.05) is 0 Å². The number of hydrogen-bond acceptors (Lipinski definition) is 4. The molecule has 66 valence electrons. The van der Waals surface area contributed by atoms with Gasteiger partial charge in [-0.3, -0.25) is 0 Å². The van der Waals surface area contributed by atoms with E-state index in [2.05, 4.69) is 9.97 Å². The van der Waals surface area contributed by atoms with Gasteiger partial charge in [0.15, 0.2) is 5.03 Å². The van der Waals surface area contributed by atoms with E-state index in [0.29, 0.717) is 0 Å². The van der Waals surface area contributed by atoms with E-state index in [1.165, 1.54) is 6.92 Å². The summed E-state index contributed by atoms with van der Waals surface area (Å²) in [5.74, 6) is 0. The van der Waals surface area contributed by atoms with Gasteiger partial charge in [0.05, 0.1) is 11.9 Å². The normalized spacial score (nSPS) is 11.6. The van der Waals surface area contributed by atoms with Gasteiger partial charge in [0.2, 0.25) is 0 Å². The van der Waals surface area contributed by atoms with Gasteiger partial charge in [0, 0.05) is 10.7 Å². The van der Waals surface area contributed by atoms with Crippen molar-refractivity contribution >= 4 is 31.3 Å². The zero-order chi connectivity index (χ0) is 9.35. The lowest BCUT2D eigenvalue weighted by Crippen LogP contribution is -2.00. The van der Waals surface area contributed by atoms with Gasteiger partial charge in [-0.15, -0.1) is 0 Å². The van der Waals surface area contributed by atoms with Crippen molar-refractivity contribution in [1.82, 2.24) is 9.97 Å². The first-order valence-corrected chi connectivity index (χ1v) is 5.54. The monoisotopic (exact) mass is 226 g/mol. The minimum absolute atomic E-state index is 0.136. The SMILES string of the molecule is Cc1nc(Cl)cnc1S(=O)(=O)Cl. The number of aryl methyl sites for hydroxylation is 1. The van der Waals surface area contributed by atoms with Crippen LogP contribution < -0.4 is 0 Å². The van der Waals surface area contributed by atoms with Crippen LogP contribution in [0.3, 0.4) is 0 Å². The van der Waals surface area contributed by atoms with E-state index in [1.54, 1.807) is 0 Å². The van der Waals surface area contributed by atoms with Gasteiger partial charge in [0.1, 0.15) is 5.15 Å². The van der Waals surface area contributed by atoms with Gasteiger partial charge in [0.25, 0.3) is 9.05 Å². The lowest BCUT2D eigenvalue weighted by Gasteiger charge is -1.98. The molecule has 0 aliphatic rings. The van der Waals surface area contributed by atoms with Crippen LogP contribution in [0.1, 0.15) is 5.69 Å². The molecule has 7 heteroatoms. The van der Waals surface area contributed by atoms with Crippen molar-refractivity contribution < 1.29 is 8.42 Å². The maximum absolute atomic E-state index is 10.8. The van der Waals surface area contributed by atoms with Gasteiger partial charge < -0.3 is 0 Å². The molecule has 0 aromatic carbocycles. The van der Waals surface area contributed by atoms with Gasteiger partial charge in [-0.05, 0) is 6.92 Å². The Hall–Kier alpha value is -0.390. The number of nitrogens with zero attached hydrogens (tertiary/aromatic N) is 2. The maximum atomic E-state index is 10.8. The smallest absolute Gasteiger partial charge is 0.239 e. The van der Waals surface area contributed by atoms with Crippen molar-refractivity contribution in [3.8, 4) is 0 Å². The Bertz CT molecular complexity index is 404. The van der Waals surface area contributed by atoms with Crippen molar-refractivity contribution in [3.05, 3.63) is 17.0 Å². The third kappa shape index (κ3) is 2.06. The molecule has 1 aromatic heterocycles. The molecule has 0 saturated carbocycles. The minimum Gasteiger partial charge on any atom is -0.239 e. The first-order valence-electron chi connectivity index (χ1n) is 2.85. The summed E-state index contributed by atoms with van der Waals surface area (Å²) in [6, 6.07) is 0. The lowest BCUT2D eigenvalue weighted by atomic mass is 10.5. The van der Waals surface area contributed by atoms with Crippen molar-refractivity contribution in [1.29, 1.82) is 0 Å². The molecule has 0 fully saturated rings. The molecular formula is C5H4Cl2N2O2S. The standard InChI is InChI=1S/C5H4Cl2N2O2S/c1-3-5(12(7,10)11)8-2-4(6)9-3/h2H,1H3. The van der Waals surface area contributed by atoms with Crippen molar-refractivity contribution in [2.45, 2.75) is 11.9 Å². The first kappa shape index (κ1) is 9.70. The molecule has 0 atom stereocenters. The molecule has 0 saturated heterocycles. The number of aromatic nitrogens is 2. The fourth-order valence-electron chi connectivity index (χ4n) is 0.682. The molecule has 1 heterocycles. The Morgan fingerprint density at radius 3 is 2.50 bits per heavy atom. The molecule has 0 bridgehead atoms. The van der Waals surface area contributed by atoms with E-state index >= 15 is 0 Å². The van der Waals surface area contributed by atoms with E-state index in [-0.39, 0.29) is 15.9 Å². The lowest BCUT2D eigenvalue weighted by molar-refractivity contribution is 0.604. The first-order chi connectivity index (χ1) is 5.41. The molecule has 4 nitrogen and oxygen atoms in total.